The van der Waals surface area contributed by atoms with Gasteiger partial charge in [0.05, 0.1) is 5.69 Å². The van der Waals surface area contributed by atoms with E-state index in [2.05, 4.69) is 48.2 Å². The van der Waals surface area contributed by atoms with Gasteiger partial charge in [-0.3, -0.25) is 4.79 Å². The van der Waals surface area contributed by atoms with Crippen molar-refractivity contribution < 1.29 is 4.79 Å². The number of fused-ring (bicyclic) bond motifs is 1. The molecule has 0 aliphatic carbocycles. The number of benzene rings is 1. The average Bonchev–Trinajstić information content (AvgIpc) is 2.99. The largest absolute Gasteiger partial charge is 0.341 e. The van der Waals surface area contributed by atoms with Crippen molar-refractivity contribution in [2.45, 2.75) is 40.2 Å². The summed E-state index contributed by atoms with van der Waals surface area (Å²) >= 11 is 0. The van der Waals surface area contributed by atoms with Crippen LogP contribution < -0.4 is 0 Å². The molecule has 1 amide bonds. The number of carbonyl (C=O) groups excluding carboxylic acids is 1. The second-order valence-corrected chi connectivity index (χ2v) is 7.73. The van der Waals surface area contributed by atoms with E-state index in [-0.39, 0.29) is 12.5 Å². The first-order valence-corrected chi connectivity index (χ1v) is 9.70. The Morgan fingerprint density at radius 3 is 2.52 bits per heavy atom. The first-order chi connectivity index (χ1) is 13.0. The molecule has 1 aliphatic rings. The highest BCUT2D eigenvalue weighted by Gasteiger charge is 2.22. The van der Waals surface area contributed by atoms with Crippen molar-refractivity contribution in [3.8, 4) is 11.1 Å². The van der Waals surface area contributed by atoms with Gasteiger partial charge < -0.3 is 4.90 Å². The van der Waals surface area contributed by atoms with Crippen LogP contribution in [-0.4, -0.2) is 38.7 Å². The number of nitrogens with zero attached hydrogens (tertiary/aromatic N) is 4. The minimum Gasteiger partial charge on any atom is -0.341 e. The fourth-order valence-electron chi connectivity index (χ4n) is 3.85. The molecule has 27 heavy (non-hydrogen) atoms. The molecule has 0 radical (unpaired) electrons. The smallest absolute Gasteiger partial charge is 0.244 e. The van der Waals surface area contributed by atoms with E-state index in [1.807, 2.05) is 24.1 Å². The quantitative estimate of drug-likeness (QED) is 0.708. The Kier molecular flexibility index (Phi) is 4.68. The molecule has 0 atom stereocenters. The SMILES string of the molecule is Cc1ccc(-c2ccnc3c2c(C)nn3CC(=O)N2CCC(C)CC2)cc1. The third kappa shape index (κ3) is 3.46. The van der Waals surface area contributed by atoms with E-state index in [1.54, 1.807) is 4.68 Å². The number of rotatable bonds is 3. The number of hydrogen-bond acceptors (Lipinski definition) is 3. The molecule has 5 heteroatoms. The molecule has 0 N–H and O–H groups in total. The van der Waals surface area contributed by atoms with Gasteiger partial charge in [0.1, 0.15) is 6.54 Å². The lowest BCUT2D eigenvalue weighted by Gasteiger charge is -2.30. The molecule has 0 unspecified atom stereocenters. The van der Waals surface area contributed by atoms with Crippen molar-refractivity contribution >= 4 is 16.9 Å². The summed E-state index contributed by atoms with van der Waals surface area (Å²) in [5.74, 6) is 0.842. The zero-order valence-electron chi connectivity index (χ0n) is 16.3. The lowest BCUT2D eigenvalue weighted by atomic mass is 9.99. The maximum Gasteiger partial charge on any atom is 0.244 e. The van der Waals surface area contributed by atoms with E-state index in [1.165, 1.54) is 5.56 Å². The van der Waals surface area contributed by atoms with Gasteiger partial charge in [0.25, 0.3) is 0 Å². The van der Waals surface area contributed by atoms with Crippen LogP contribution in [0.25, 0.3) is 22.2 Å². The molecule has 1 aromatic carbocycles. The Labute approximate surface area is 160 Å². The summed E-state index contributed by atoms with van der Waals surface area (Å²) in [6, 6.07) is 10.5. The first-order valence-electron chi connectivity index (χ1n) is 9.70. The number of piperidine rings is 1. The topological polar surface area (TPSA) is 51.0 Å². The zero-order chi connectivity index (χ0) is 19.0. The van der Waals surface area contributed by atoms with Gasteiger partial charge in [-0.2, -0.15) is 5.10 Å². The number of pyridine rings is 1. The summed E-state index contributed by atoms with van der Waals surface area (Å²) < 4.78 is 1.77. The van der Waals surface area contributed by atoms with E-state index in [9.17, 15) is 4.79 Å². The molecule has 1 aliphatic heterocycles. The summed E-state index contributed by atoms with van der Waals surface area (Å²) in [6.45, 7) is 8.28. The molecule has 2 aromatic heterocycles. The Bertz CT molecular complexity index is 966. The van der Waals surface area contributed by atoms with Crippen LogP contribution in [0.15, 0.2) is 36.5 Å². The van der Waals surface area contributed by atoms with Crippen molar-refractivity contribution in [2.75, 3.05) is 13.1 Å². The molecule has 0 spiro atoms. The second-order valence-electron chi connectivity index (χ2n) is 7.73. The lowest BCUT2D eigenvalue weighted by Crippen LogP contribution is -2.39. The molecule has 0 bridgehead atoms. The van der Waals surface area contributed by atoms with Gasteiger partial charge in [-0.1, -0.05) is 36.8 Å². The molecule has 3 aromatic rings. The summed E-state index contributed by atoms with van der Waals surface area (Å²) in [5.41, 5.74) is 5.19. The normalized spacial score (nSPS) is 15.4. The van der Waals surface area contributed by atoms with Crippen LogP contribution in [0.5, 0.6) is 0 Å². The van der Waals surface area contributed by atoms with Crippen molar-refractivity contribution in [1.29, 1.82) is 0 Å². The van der Waals surface area contributed by atoms with E-state index in [0.29, 0.717) is 5.92 Å². The molecule has 1 fully saturated rings. The van der Waals surface area contributed by atoms with Crippen LogP contribution >= 0.6 is 0 Å². The van der Waals surface area contributed by atoms with Crippen molar-refractivity contribution in [3.05, 3.63) is 47.8 Å². The molecule has 0 saturated carbocycles. The fraction of sp³-hybridized carbons (Fsp3) is 0.409. The van der Waals surface area contributed by atoms with Crippen LogP contribution in [0.2, 0.25) is 0 Å². The minimum absolute atomic E-state index is 0.133. The van der Waals surface area contributed by atoms with Gasteiger partial charge in [0, 0.05) is 24.7 Å². The van der Waals surface area contributed by atoms with Crippen LogP contribution in [-0.2, 0) is 11.3 Å². The van der Waals surface area contributed by atoms with E-state index >= 15 is 0 Å². The number of aryl methyl sites for hydroxylation is 2. The predicted molar refractivity (Wildman–Crippen MR) is 107 cm³/mol. The third-order valence-corrected chi connectivity index (χ3v) is 5.59. The van der Waals surface area contributed by atoms with Gasteiger partial charge in [-0.25, -0.2) is 9.67 Å². The van der Waals surface area contributed by atoms with Crippen molar-refractivity contribution in [3.63, 3.8) is 0 Å². The van der Waals surface area contributed by atoms with E-state index in [0.717, 1.165) is 53.8 Å². The maximum absolute atomic E-state index is 12.8. The van der Waals surface area contributed by atoms with E-state index < -0.39 is 0 Å². The average molecular weight is 362 g/mol. The number of aromatic nitrogens is 3. The van der Waals surface area contributed by atoms with Crippen LogP contribution in [0.4, 0.5) is 0 Å². The molecular formula is C22H26N4O. The Hall–Kier alpha value is -2.69. The van der Waals surface area contributed by atoms with Crippen LogP contribution in [0, 0.1) is 19.8 Å². The molecule has 5 nitrogen and oxygen atoms in total. The zero-order valence-corrected chi connectivity index (χ0v) is 16.3. The number of likely N-dealkylation sites (tertiary alicyclic amines) is 1. The summed E-state index contributed by atoms with van der Waals surface area (Å²) in [6.07, 6.45) is 3.98. The highest BCUT2D eigenvalue weighted by molar-refractivity contribution is 5.95. The van der Waals surface area contributed by atoms with Gasteiger partial charge in [0.15, 0.2) is 5.65 Å². The van der Waals surface area contributed by atoms with Gasteiger partial charge >= 0.3 is 0 Å². The lowest BCUT2D eigenvalue weighted by molar-refractivity contribution is -0.133. The molecule has 140 valence electrons. The number of carbonyl (C=O) groups is 1. The predicted octanol–water partition coefficient (Wildman–Crippen LogP) is 3.97. The molecule has 1 saturated heterocycles. The molecule has 3 heterocycles. The van der Waals surface area contributed by atoms with Gasteiger partial charge in [0.2, 0.25) is 5.91 Å². The Balaban J connectivity index is 1.66. The Morgan fingerprint density at radius 2 is 1.81 bits per heavy atom. The molecule has 4 rings (SSSR count). The highest BCUT2D eigenvalue weighted by atomic mass is 16.2. The monoisotopic (exact) mass is 362 g/mol. The van der Waals surface area contributed by atoms with Gasteiger partial charge in [-0.05, 0) is 49.8 Å². The van der Waals surface area contributed by atoms with Gasteiger partial charge in [-0.15, -0.1) is 0 Å². The molecular weight excluding hydrogens is 336 g/mol. The summed E-state index contributed by atoms with van der Waals surface area (Å²) in [5, 5.41) is 5.68. The minimum atomic E-state index is 0.133. The third-order valence-electron chi connectivity index (χ3n) is 5.59. The van der Waals surface area contributed by atoms with Crippen LogP contribution in [0.1, 0.15) is 31.0 Å². The highest BCUT2D eigenvalue weighted by Crippen LogP contribution is 2.30. The second kappa shape index (κ2) is 7.14. The standard InChI is InChI=1S/C22H26N4O/c1-15-4-6-18(7-5-15)19-8-11-23-22-21(19)17(3)24-26(22)14-20(27)25-12-9-16(2)10-13-25/h4-8,11,16H,9-10,12-14H2,1-3H3. The summed E-state index contributed by atoms with van der Waals surface area (Å²) in [4.78, 5) is 19.3. The Morgan fingerprint density at radius 1 is 1.11 bits per heavy atom. The first kappa shape index (κ1) is 17.7. The number of hydrogen-bond donors (Lipinski definition) is 0. The number of amides is 1. The van der Waals surface area contributed by atoms with Crippen molar-refractivity contribution in [2.24, 2.45) is 5.92 Å². The summed E-state index contributed by atoms with van der Waals surface area (Å²) in [7, 11) is 0. The van der Waals surface area contributed by atoms with Crippen LogP contribution in [0.3, 0.4) is 0 Å². The van der Waals surface area contributed by atoms with Crippen molar-refractivity contribution in [1.82, 2.24) is 19.7 Å². The van der Waals surface area contributed by atoms with E-state index in [4.69, 9.17) is 0 Å². The fourth-order valence-corrected chi connectivity index (χ4v) is 3.85. The maximum atomic E-state index is 12.8.